The van der Waals surface area contributed by atoms with Crippen LogP contribution >= 0.6 is 0 Å². The van der Waals surface area contributed by atoms with E-state index in [9.17, 15) is 34.2 Å². The van der Waals surface area contributed by atoms with E-state index in [2.05, 4.69) is 0 Å². The number of cyclic esters (lactones) is 1. The minimum atomic E-state index is -2.51. The molecule has 0 spiro atoms. The standard InChI is InChI=1S/C43H67NO12/c1-10-30-18-24(2)17-25(3)19-36(53-8)39-37(54-9)21-27(5)43(51,56-39)40(48)41(49)44-16-12-11-13-31(44)42(50)55-38(28(6)33(46)23-34(30)47)26(4)20-29-14-15-32(45)35(22-29)52-7/h18,20,25,27-31,33,35-39,46,51H,10-17,19,21-23H2,1-9H3/b24-18+,26-20?. The topological polar surface area (TPSA) is 175 Å². The molecule has 2 N–H and O–H groups in total. The van der Waals surface area contributed by atoms with Crippen LogP contribution in [-0.2, 0) is 47.7 Å². The average Bonchev–Trinajstić information content (AvgIpc) is 3.18. The predicted molar refractivity (Wildman–Crippen MR) is 207 cm³/mol. The molecule has 3 fully saturated rings. The molecule has 0 aromatic carbocycles. The monoisotopic (exact) mass is 789 g/mol. The molecule has 13 nitrogen and oxygen atoms in total. The number of methoxy groups -OCH3 is 3. The SMILES string of the molecule is CCC1/C=C(\C)CC(C)CC(OC)C2OC(O)(C(=O)C(=O)N3CCCCC3C(=O)OC(C(C)=CC3CCC(=O)C(OC)C3)C(C)C(O)CC1=O)C(C)CC2OC. The Morgan fingerprint density at radius 3 is 2.27 bits per heavy atom. The zero-order valence-corrected chi connectivity index (χ0v) is 35.0. The number of nitrogens with zero attached hydrogens (tertiary/aromatic N) is 1. The molecule has 2 bridgehead atoms. The van der Waals surface area contributed by atoms with Gasteiger partial charge in [-0.25, -0.2) is 4.79 Å². The summed E-state index contributed by atoms with van der Waals surface area (Å²) in [5.74, 6) is -7.60. The highest BCUT2D eigenvalue weighted by Crippen LogP contribution is 2.39. The van der Waals surface area contributed by atoms with Gasteiger partial charge in [0.15, 0.2) is 5.78 Å². The van der Waals surface area contributed by atoms with Crippen LogP contribution in [0.4, 0.5) is 0 Å². The molecule has 0 radical (unpaired) electrons. The van der Waals surface area contributed by atoms with E-state index in [1.54, 1.807) is 20.8 Å². The zero-order chi connectivity index (χ0) is 41.5. The summed E-state index contributed by atoms with van der Waals surface area (Å²) in [5, 5.41) is 23.6. The second-order valence-corrected chi connectivity index (χ2v) is 17.0. The number of ether oxygens (including phenoxy) is 5. The van der Waals surface area contributed by atoms with Gasteiger partial charge in [-0.2, -0.15) is 0 Å². The van der Waals surface area contributed by atoms with Gasteiger partial charge in [0.1, 0.15) is 30.1 Å². The molecule has 316 valence electrons. The normalized spacial score (nSPS) is 40.3. The molecule has 13 heteroatoms. The Hall–Kier alpha value is -2.81. The van der Waals surface area contributed by atoms with Crippen molar-refractivity contribution in [3.8, 4) is 0 Å². The van der Waals surface area contributed by atoms with Crippen molar-refractivity contribution in [1.82, 2.24) is 4.90 Å². The molecule has 13 atom stereocenters. The highest BCUT2D eigenvalue weighted by Gasteiger charge is 2.56. The fourth-order valence-corrected chi connectivity index (χ4v) is 9.23. The minimum Gasteiger partial charge on any atom is -0.456 e. The second-order valence-electron chi connectivity index (χ2n) is 17.0. The zero-order valence-electron chi connectivity index (χ0n) is 35.0. The van der Waals surface area contributed by atoms with E-state index in [0.29, 0.717) is 56.9 Å². The number of esters is 1. The van der Waals surface area contributed by atoms with E-state index >= 15 is 0 Å². The first-order valence-electron chi connectivity index (χ1n) is 20.6. The van der Waals surface area contributed by atoms with E-state index in [1.165, 1.54) is 26.2 Å². The highest BCUT2D eigenvalue weighted by atomic mass is 16.7. The quantitative estimate of drug-likeness (QED) is 0.216. The first-order chi connectivity index (χ1) is 26.5. The number of carbonyl (C=O) groups is 5. The van der Waals surface area contributed by atoms with Crippen molar-refractivity contribution in [1.29, 1.82) is 0 Å². The third kappa shape index (κ3) is 10.6. The van der Waals surface area contributed by atoms with Gasteiger partial charge in [-0.1, -0.05) is 45.4 Å². The first kappa shape index (κ1) is 45.9. The Labute approximate surface area is 332 Å². The Bertz CT molecular complexity index is 1480. The molecule has 1 amide bonds. The van der Waals surface area contributed by atoms with Gasteiger partial charge in [0, 0.05) is 58.5 Å². The van der Waals surface area contributed by atoms with E-state index in [-0.39, 0.29) is 49.2 Å². The summed E-state index contributed by atoms with van der Waals surface area (Å²) in [6.07, 6.45) is 3.56. The van der Waals surface area contributed by atoms with Crippen LogP contribution in [0.15, 0.2) is 23.3 Å². The number of hydrogen-bond acceptors (Lipinski definition) is 12. The smallest absolute Gasteiger partial charge is 0.329 e. The van der Waals surface area contributed by atoms with Crippen molar-refractivity contribution < 1.29 is 57.9 Å². The summed E-state index contributed by atoms with van der Waals surface area (Å²) in [4.78, 5) is 70.0. The molecule has 13 unspecified atom stereocenters. The predicted octanol–water partition coefficient (Wildman–Crippen LogP) is 4.68. The van der Waals surface area contributed by atoms with Gasteiger partial charge in [-0.05, 0) is 89.0 Å². The van der Waals surface area contributed by atoms with Gasteiger partial charge in [-0.3, -0.25) is 19.2 Å². The molecule has 1 saturated carbocycles. The number of piperidine rings is 1. The second kappa shape index (κ2) is 20.2. The molecule has 1 aliphatic carbocycles. The average molecular weight is 790 g/mol. The molecule has 4 aliphatic rings. The molecular formula is C43H67NO12. The van der Waals surface area contributed by atoms with E-state index < -0.39 is 83.9 Å². The van der Waals surface area contributed by atoms with Crippen molar-refractivity contribution in [3.05, 3.63) is 23.3 Å². The van der Waals surface area contributed by atoms with E-state index in [1.807, 2.05) is 32.9 Å². The van der Waals surface area contributed by atoms with Crippen molar-refractivity contribution in [2.45, 2.75) is 161 Å². The van der Waals surface area contributed by atoms with E-state index in [0.717, 1.165) is 5.57 Å². The lowest BCUT2D eigenvalue weighted by atomic mass is 9.82. The maximum absolute atomic E-state index is 14.3. The number of allylic oxidation sites excluding steroid dienone is 3. The first-order valence-corrected chi connectivity index (χ1v) is 20.6. The van der Waals surface area contributed by atoms with Gasteiger partial charge in [0.05, 0.1) is 18.3 Å². The lowest BCUT2D eigenvalue weighted by Crippen LogP contribution is -2.64. The van der Waals surface area contributed by atoms with Crippen LogP contribution in [0.1, 0.15) is 112 Å². The fraction of sp³-hybridized carbons (Fsp3) is 0.791. The summed E-state index contributed by atoms with van der Waals surface area (Å²) in [6.45, 7) is 11.2. The summed E-state index contributed by atoms with van der Waals surface area (Å²) >= 11 is 0. The molecule has 3 heterocycles. The third-order valence-corrected chi connectivity index (χ3v) is 12.7. The maximum Gasteiger partial charge on any atom is 0.329 e. The Morgan fingerprint density at radius 2 is 1.62 bits per heavy atom. The number of ketones is 3. The summed E-state index contributed by atoms with van der Waals surface area (Å²) in [7, 11) is 4.56. The molecule has 2 saturated heterocycles. The number of amides is 1. The summed E-state index contributed by atoms with van der Waals surface area (Å²) < 4.78 is 29.6. The van der Waals surface area contributed by atoms with Crippen molar-refractivity contribution in [2.24, 2.45) is 29.6 Å². The number of aliphatic hydroxyl groups is 2. The Kier molecular flexibility index (Phi) is 16.6. The number of hydrogen-bond donors (Lipinski definition) is 2. The van der Waals surface area contributed by atoms with Crippen LogP contribution in [0.25, 0.3) is 0 Å². The minimum absolute atomic E-state index is 0.0312. The lowest BCUT2D eigenvalue weighted by Gasteiger charge is -2.47. The van der Waals surface area contributed by atoms with Gasteiger partial charge in [-0.15, -0.1) is 0 Å². The highest BCUT2D eigenvalue weighted by molar-refractivity contribution is 6.39. The Morgan fingerprint density at radius 1 is 0.946 bits per heavy atom. The Balaban J connectivity index is 1.77. The summed E-state index contributed by atoms with van der Waals surface area (Å²) in [6, 6.07) is -1.14. The van der Waals surface area contributed by atoms with E-state index in [4.69, 9.17) is 23.7 Å². The number of fused-ring (bicyclic) bond motifs is 3. The van der Waals surface area contributed by atoms with Crippen LogP contribution in [0, 0.1) is 29.6 Å². The molecule has 4 rings (SSSR count). The van der Waals surface area contributed by atoms with Gasteiger partial charge < -0.3 is 38.8 Å². The van der Waals surface area contributed by atoms with Crippen LogP contribution < -0.4 is 0 Å². The van der Waals surface area contributed by atoms with Crippen LogP contribution in [-0.4, -0.2) is 121 Å². The van der Waals surface area contributed by atoms with Crippen LogP contribution in [0.3, 0.4) is 0 Å². The largest absolute Gasteiger partial charge is 0.456 e. The van der Waals surface area contributed by atoms with Gasteiger partial charge in [0.25, 0.3) is 11.7 Å². The van der Waals surface area contributed by atoms with Crippen LogP contribution in [0.2, 0.25) is 0 Å². The van der Waals surface area contributed by atoms with Gasteiger partial charge in [0.2, 0.25) is 5.79 Å². The molecular weight excluding hydrogens is 722 g/mol. The number of carbonyl (C=O) groups excluding carboxylic acids is 5. The molecule has 0 aromatic rings. The lowest BCUT2D eigenvalue weighted by molar-refractivity contribution is -0.302. The molecule has 56 heavy (non-hydrogen) atoms. The van der Waals surface area contributed by atoms with Crippen LogP contribution in [0.5, 0.6) is 0 Å². The maximum atomic E-state index is 14.3. The number of rotatable bonds is 6. The number of aliphatic hydroxyl groups excluding tert-OH is 1. The van der Waals surface area contributed by atoms with Crippen molar-refractivity contribution in [3.63, 3.8) is 0 Å². The molecule has 0 aromatic heterocycles. The number of Topliss-reactive ketones (excluding diaryl/α,β-unsaturated/α-hetero) is 3. The van der Waals surface area contributed by atoms with Gasteiger partial charge >= 0.3 is 5.97 Å². The molecule has 3 aliphatic heterocycles. The summed E-state index contributed by atoms with van der Waals surface area (Å²) in [5.41, 5.74) is 1.62. The third-order valence-electron chi connectivity index (χ3n) is 12.7. The van der Waals surface area contributed by atoms with Crippen molar-refractivity contribution in [2.75, 3.05) is 27.9 Å². The fourth-order valence-electron chi connectivity index (χ4n) is 9.23. The van der Waals surface area contributed by atoms with Crippen molar-refractivity contribution >= 4 is 29.2 Å².